The lowest BCUT2D eigenvalue weighted by Crippen LogP contribution is -2.66. The molecule has 1 aromatic carbocycles. The van der Waals surface area contributed by atoms with Crippen molar-refractivity contribution in [2.75, 3.05) is 13.1 Å². The van der Waals surface area contributed by atoms with E-state index < -0.39 is 25.9 Å². The minimum Gasteiger partial charge on any atom is -0.544 e. The van der Waals surface area contributed by atoms with Gasteiger partial charge in [0, 0.05) is 6.42 Å². The summed E-state index contributed by atoms with van der Waals surface area (Å²) in [6.45, 7) is 2.64. The Morgan fingerprint density at radius 3 is 2.55 bits per heavy atom. The number of hydrogen-bond donors (Lipinski definition) is 0. The number of benzene rings is 1. The highest BCUT2D eigenvalue weighted by Gasteiger charge is 2.50. The van der Waals surface area contributed by atoms with E-state index in [1.54, 1.807) is 30.3 Å². The minimum absolute atomic E-state index is 0.194. The number of aliphatic carboxylic acids is 1. The molecule has 5 nitrogen and oxygen atoms in total. The Bertz CT molecular complexity index is 614. The molecule has 6 heteroatoms. The molecule has 1 aromatic rings. The van der Waals surface area contributed by atoms with Crippen molar-refractivity contribution >= 4 is 16.0 Å². The van der Waals surface area contributed by atoms with E-state index in [4.69, 9.17) is 0 Å². The number of carbonyl (C=O) groups is 1. The van der Waals surface area contributed by atoms with E-state index >= 15 is 0 Å². The minimum atomic E-state index is -3.77. The van der Waals surface area contributed by atoms with Crippen molar-refractivity contribution < 1.29 is 22.2 Å². The van der Waals surface area contributed by atoms with Gasteiger partial charge in [-0.25, -0.2) is 3.89 Å². The fourth-order valence-electron chi connectivity index (χ4n) is 3.32. The largest absolute Gasteiger partial charge is 0.544 e. The van der Waals surface area contributed by atoms with Crippen LogP contribution in [0.3, 0.4) is 0 Å². The summed E-state index contributed by atoms with van der Waals surface area (Å²) in [7, 11) is -3.77. The third-order valence-electron chi connectivity index (χ3n) is 4.51. The molecular weight excluding hydrogens is 302 g/mol. The van der Waals surface area contributed by atoms with Gasteiger partial charge in [0.1, 0.15) is 16.9 Å². The Hall–Kier alpha value is -1.40. The number of unbranched alkanes of at least 4 members (excludes halogenated alkanes) is 1. The molecule has 1 aliphatic heterocycles. The number of carbonyl (C=O) groups excluding carboxylic acids is 1. The highest BCUT2D eigenvalue weighted by molar-refractivity contribution is 7.86. The number of nitrogens with zero attached hydrogens (tertiary/aromatic N) is 1. The maximum Gasteiger partial charge on any atom is 0.327 e. The van der Waals surface area contributed by atoms with Gasteiger partial charge in [-0.15, -0.1) is 0 Å². The molecule has 22 heavy (non-hydrogen) atoms. The van der Waals surface area contributed by atoms with Crippen molar-refractivity contribution in [1.29, 1.82) is 0 Å². The van der Waals surface area contributed by atoms with Gasteiger partial charge in [-0.1, -0.05) is 31.5 Å². The first kappa shape index (κ1) is 17.0. The molecule has 0 amide bonds. The van der Waals surface area contributed by atoms with Crippen LogP contribution in [0.15, 0.2) is 35.2 Å². The number of rotatable bonds is 6. The molecule has 2 atom stereocenters. The number of hydrogen-bond acceptors (Lipinski definition) is 4. The summed E-state index contributed by atoms with van der Waals surface area (Å²) in [5.74, 6) is -1.25. The van der Waals surface area contributed by atoms with Gasteiger partial charge in [0.2, 0.25) is 0 Å². The molecule has 0 aromatic heterocycles. The van der Waals surface area contributed by atoms with Crippen molar-refractivity contribution in [2.24, 2.45) is 0 Å². The third kappa shape index (κ3) is 2.90. The number of quaternary nitrogens is 1. The third-order valence-corrected chi connectivity index (χ3v) is 6.96. The van der Waals surface area contributed by atoms with E-state index in [1.807, 2.05) is 6.92 Å². The first-order valence-electron chi connectivity index (χ1n) is 7.83. The molecule has 0 spiro atoms. The second-order valence-corrected chi connectivity index (χ2v) is 8.02. The number of carboxylic acids is 1. The fraction of sp³-hybridized carbons (Fsp3) is 0.562. The van der Waals surface area contributed by atoms with Crippen LogP contribution in [-0.4, -0.2) is 37.4 Å². The predicted molar refractivity (Wildman–Crippen MR) is 81.2 cm³/mol. The van der Waals surface area contributed by atoms with Gasteiger partial charge in [-0.05, 0) is 31.4 Å². The number of carboxylic acid groups (broad SMARTS) is 1. The quantitative estimate of drug-likeness (QED) is 0.739. The molecule has 0 N–H and O–H groups in total. The fourth-order valence-corrected chi connectivity index (χ4v) is 5.51. The maximum atomic E-state index is 13.2. The van der Waals surface area contributed by atoms with Gasteiger partial charge in [0.25, 0.3) is 0 Å². The highest BCUT2D eigenvalue weighted by atomic mass is 32.2. The van der Waals surface area contributed by atoms with Crippen LogP contribution >= 0.6 is 0 Å². The number of sulfonamides is 1. The summed E-state index contributed by atoms with van der Waals surface area (Å²) in [6.07, 6.45) is 3.31. The van der Waals surface area contributed by atoms with Crippen LogP contribution in [0.2, 0.25) is 0 Å². The molecule has 1 aliphatic rings. The smallest absolute Gasteiger partial charge is 0.327 e. The second-order valence-electron chi connectivity index (χ2n) is 5.87. The van der Waals surface area contributed by atoms with Crippen LogP contribution < -0.4 is 5.11 Å². The Balaban J connectivity index is 2.55. The SMILES string of the molecule is CCCC[N+]1(S(=O)(=O)c2ccccc2)CCCCC1C(=O)[O-]. The lowest BCUT2D eigenvalue weighted by atomic mass is 10.0. The summed E-state index contributed by atoms with van der Waals surface area (Å²) in [6, 6.07) is 7.19. The Morgan fingerprint density at radius 2 is 1.95 bits per heavy atom. The van der Waals surface area contributed by atoms with Crippen molar-refractivity contribution in [1.82, 2.24) is 0 Å². The van der Waals surface area contributed by atoms with Crippen LogP contribution in [0.25, 0.3) is 0 Å². The van der Waals surface area contributed by atoms with Gasteiger partial charge in [-0.2, -0.15) is 8.42 Å². The van der Waals surface area contributed by atoms with Gasteiger partial charge < -0.3 is 9.90 Å². The van der Waals surface area contributed by atoms with Gasteiger partial charge in [0.05, 0.1) is 13.1 Å². The molecule has 0 aliphatic carbocycles. The zero-order valence-corrected chi connectivity index (χ0v) is 13.7. The Morgan fingerprint density at radius 1 is 1.27 bits per heavy atom. The summed E-state index contributed by atoms with van der Waals surface area (Å²) in [5.41, 5.74) is 0. The molecule has 1 saturated heterocycles. The molecule has 2 rings (SSSR count). The molecule has 122 valence electrons. The number of likely N-dealkylation sites (tertiary alicyclic amines) is 1. The first-order valence-corrected chi connectivity index (χ1v) is 9.27. The van der Waals surface area contributed by atoms with Gasteiger partial charge in [-0.3, -0.25) is 0 Å². The van der Waals surface area contributed by atoms with Gasteiger partial charge in [0.15, 0.2) is 0 Å². The van der Waals surface area contributed by atoms with E-state index in [0.29, 0.717) is 25.9 Å². The van der Waals surface area contributed by atoms with Crippen molar-refractivity contribution in [2.45, 2.75) is 50.0 Å². The standard InChI is InChI=1S/C16H23NO4S/c1-2-3-12-17(13-8-7-11-15(17)16(18)19)22(20,21)14-9-5-4-6-10-14/h4-6,9-10,15H,2-3,7-8,11-13H2,1H3. The van der Waals surface area contributed by atoms with E-state index in [2.05, 4.69) is 0 Å². The average Bonchev–Trinajstić information content (AvgIpc) is 2.53. The van der Waals surface area contributed by atoms with Crippen LogP contribution in [0, 0.1) is 0 Å². The zero-order chi connectivity index (χ0) is 16.2. The van der Waals surface area contributed by atoms with Crippen LogP contribution in [-0.2, 0) is 14.8 Å². The van der Waals surface area contributed by atoms with E-state index in [-0.39, 0.29) is 4.90 Å². The first-order chi connectivity index (χ1) is 10.5. The van der Waals surface area contributed by atoms with Crippen molar-refractivity contribution in [3.05, 3.63) is 30.3 Å². The van der Waals surface area contributed by atoms with Crippen LogP contribution in [0.1, 0.15) is 39.0 Å². The molecule has 0 radical (unpaired) electrons. The van der Waals surface area contributed by atoms with Crippen LogP contribution in [0.4, 0.5) is 0 Å². The zero-order valence-electron chi connectivity index (χ0n) is 12.9. The van der Waals surface area contributed by atoms with Gasteiger partial charge >= 0.3 is 10.0 Å². The lowest BCUT2D eigenvalue weighted by Gasteiger charge is -2.46. The lowest BCUT2D eigenvalue weighted by molar-refractivity contribution is -0.833. The second kappa shape index (κ2) is 6.79. The Labute approximate surface area is 132 Å². The monoisotopic (exact) mass is 325 g/mol. The number of piperidine rings is 1. The Kier molecular flexibility index (Phi) is 5.24. The molecule has 2 unspecified atom stereocenters. The molecular formula is C16H23NO4S. The van der Waals surface area contributed by atoms with Crippen LogP contribution in [0.5, 0.6) is 0 Å². The normalized spacial score (nSPS) is 25.8. The topological polar surface area (TPSA) is 74.3 Å². The summed E-state index contributed by atoms with van der Waals surface area (Å²) in [4.78, 5) is 11.8. The van der Waals surface area contributed by atoms with E-state index in [9.17, 15) is 18.3 Å². The van der Waals surface area contributed by atoms with Crippen molar-refractivity contribution in [3.63, 3.8) is 0 Å². The van der Waals surface area contributed by atoms with E-state index in [1.165, 1.54) is 0 Å². The summed E-state index contributed by atoms with van der Waals surface area (Å²) >= 11 is 0. The average molecular weight is 325 g/mol. The maximum absolute atomic E-state index is 13.2. The summed E-state index contributed by atoms with van der Waals surface area (Å²) < 4.78 is 26.0. The molecule has 1 heterocycles. The van der Waals surface area contributed by atoms with E-state index in [0.717, 1.165) is 19.3 Å². The summed E-state index contributed by atoms with van der Waals surface area (Å²) in [5, 5.41) is 11.6. The molecule has 0 bridgehead atoms. The molecule has 0 saturated carbocycles. The van der Waals surface area contributed by atoms with Crippen molar-refractivity contribution in [3.8, 4) is 0 Å². The predicted octanol–water partition coefficient (Wildman–Crippen LogP) is 1.29. The molecule has 1 fully saturated rings. The highest BCUT2D eigenvalue weighted by Crippen LogP contribution is 2.34.